The maximum atomic E-state index is 14.5. The highest BCUT2D eigenvalue weighted by molar-refractivity contribution is 5.93. The predicted molar refractivity (Wildman–Crippen MR) is 115 cm³/mol. The Morgan fingerprint density at radius 2 is 2.09 bits per heavy atom. The quantitative estimate of drug-likeness (QED) is 0.468. The molecule has 5 rings (SSSR count). The van der Waals surface area contributed by atoms with Crippen molar-refractivity contribution in [3.8, 4) is 5.88 Å². The van der Waals surface area contributed by atoms with Gasteiger partial charge in [0.15, 0.2) is 11.5 Å². The summed E-state index contributed by atoms with van der Waals surface area (Å²) in [5.41, 5.74) is 1.37. The lowest BCUT2D eigenvalue weighted by atomic mass is 10.0. The zero-order valence-corrected chi connectivity index (χ0v) is 18.0. The van der Waals surface area contributed by atoms with E-state index in [0.717, 1.165) is 6.07 Å². The molecule has 0 bridgehead atoms. The Bertz CT molecular complexity index is 1240. The van der Waals surface area contributed by atoms with Gasteiger partial charge < -0.3 is 24.4 Å². The first-order chi connectivity index (χ1) is 15.9. The number of carbonyl (C=O) groups excluding carboxylic acids is 1. The van der Waals surface area contributed by atoms with E-state index >= 15 is 0 Å². The molecule has 2 aliphatic heterocycles. The number of methoxy groups -OCH3 is 1. The third kappa shape index (κ3) is 3.88. The number of morpholine rings is 1. The molecule has 1 aromatic carbocycles. The topological polar surface area (TPSA) is 98.7 Å². The normalized spacial score (nSPS) is 18.2. The zero-order chi connectivity index (χ0) is 23.1. The molecule has 1 saturated heterocycles. The Labute approximate surface area is 187 Å². The summed E-state index contributed by atoms with van der Waals surface area (Å²) in [4.78, 5) is 27.1. The van der Waals surface area contributed by atoms with Gasteiger partial charge >= 0.3 is 5.97 Å². The van der Waals surface area contributed by atoms with Crippen molar-refractivity contribution in [1.82, 2.24) is 15.0 Å². The number of hydrogen-bond acceptors (Lipinski definition) is 9. The highest BCUT2D eigenvalue weighted by atomic mass is 19.1. The van der Waals surface area contributed by atoms with Gasteiger partial charge in [-0.3, -0.25) is 0 Å². The maximum Gasteiger partial charge on any atom is 0.358 e. The van der Waals surface area contributed by atoms with Crippen LogP contribution in [0.4, 0.5) is 20.3 Å². The lowest BCUT2D eigenvalue weighted by Crippen LogP contribution is -2.51. The summed E-state index contributed by atoms with van der Waals surface area (Å²) in [5, 5.41) is 3.10. The third-order valence-electron chi connectivity index (χ3n) is 5.71. The zero-order valence-electron chi connectivity index (χ0n) is 18.0. The smallest absolute Gasteiger partial charge is 0.358 e. The van der Waals surface area contributed by atoms with E-state index in [0.29, 0.717) is 54.7 Å². The molecular formula is C22H21F2N5O4. The number of nitrogens with zero attached hydrogens (tertiary/aromatic N) is 4. The van der Waals surface area contributed by atoms with Crippen LogP contribution in [0, 0.1) is 11.8 Å². The Morgan fingerprint density at radius 3 is 2.91 bits per heavy atom. The second-order valence-corrected chi connectivity index (χ2v) is 7.84. The van der Waals surface area contributed by atoms with Crippen LogP contribution in [0.3, 0.4) is 0 Å². The predicted octanol–water partition coefficient (Wildman–Crippen LogP) is 2.86. The van der Waals surface area contributed by atoms with Crippen LogP contribution in [-0.4, -0.2) is 60.4 Å². The van der Waals surface area contributed by atoms with Gasteiger partial charge in [-0.2, -0.15) is 4.39 Å². The van der Waals surface area contributed by atoms with Gasteiger partial charge in [0.05, 0.1) is 49.1 Å². The van der Waals surface area contributed by atoms with Crippen molar-refractivity contribution in [1.29, 1.82) is 0 Å². The van der Waals surface area contributed by atoms with E-state index in [4.69, 9.17) is 19.2 Å². The fraction of sp³-hybridized carbons (Fsp3) is 0.364. The molecular weight excluding hydrogens is 436 g/mol. The van der Waals surface area contributed by atoms with E-state index in [1.807, 2.05) is 0 Å². The van der Waals surface area contributed by atoms with E-state index < -0.39 is 23.8 Å². The average Bonchev–Trinajstić information content (AvgIpc) is 2.82. The van der Waals surface area contributed by atoms with E-state index in [-0.39, 0.29) is 17.4 Å². The van der Waals surface area contributed by atoms with E-state index in [9.17, 15) is 13.6 Å². The van der Waals surface area contributed by atoms with Crippen molar-refractivity contribution in [3.05, 3.63) is 47.3 Å². The minimum atomic E-state index is -0.817. The summed E-state index contributed by atoms with van der Waals surface area (Å²) in [5.74, 6) is -1.17. The van der Waals surface area contributed by atoms with Crippen molar-refractivity contribution in [2.45, 2.75) is 19.0 Å². The third-order valence-corrected chi connectivity index (χ3v) is 5.71. The van der Waals surface area contributed by atoms with Crippen LogP contribution in [0.15, 0.2) is 24.3 Å². The summed E-state index contributed by atoms with van der Waals surface area (Å²) in [7, 11) is 1.18. The summed E-state index contributed by atoms with van der Waals surface area (Å²) in [6.45, 7) is 3.93. The molecule has 0 amide bonds. The minimum absolute atomic E-state index is 0.0327. The number of carbonyl (C=O) groups is 1. The molecule has 0 radical (unpaired) electrons. The molecule has 0 saturated carbocycles. The van der Waals surface area contributed by atoms with Crippen LogP contribution < -0.4 is 15.0 Å². The number of pyridine rings is 1. The molecule has 1 N–H and O–H groups in total. The Morgan fingerprint density at radius 1 is 1.24 bits per heavy atom. The number of halogens is 2. The second kappa shape index (κ2) is 8.39. The van der Waals surface area contributed by atoms with Gasteiger partial charge in [0.25, 0.3) is 5.88 Å². The largest absolute Gasteiger partial charge is 0.473 e. The molecule has 1 fully saturated rings. The van der Waals surface area contributed by atoms with Gasteiger partial charge in [0, 0.05) is 18.2 Å². The van der Waals surface area contributed by atoms with Crippen LogP contribution in [0.5, 0.6) is 5.88 Å². The number of nitrogens with one attached hydrogen (secondary N) is 1. The van der Waals surface area contributed by atoms with Gasteiger partial charge in [-0.05, 0) is 25.1 Å². The minimum Gasteiger partial charge on any atom is -0.473 e. The van der Waals surface area contributed by atoms with Crippen LogP contribution >= 0.6 is 0 Å². The number of rotatable bonds is 4. The average molecular weight is 457 g/mol. The van der Waals surface area contributed by atoms with Crippen LogP contribution in [0.25, 0.3) is 11.0 Å². The highest BCUT2D eigenvalue weighted by Crippen LogP contribution is 2.36. The first-order valence-electron chi connectivity index (χ1n) is 10.4. The number of fused-ring (bicyclic) bond motifs is 4. The molecule has 2 aliphatic rings. The van der Waals surface area contributed by atoms with Gasteiger partial charge in [-0.25, -0.2) is 24.1 Å². The Balaban J connectivity index is 1.56. The first kappa shape index (κ1) is 21.3. The van der Waals surface area contributed by atoms with Crippen molar-refractivity contribution < 1.29 is 27.8 Å². The van der Waals surface area contributed by atoms with Crippen molar-refractivity contribution in [2.24, 2.45) is 0 Å². The number of aromatic nitrogens is 3. The SMILES string of the molecule is COC(=O)c1nc(F)ccc1N[C@H](C)c1cc(F)cc2nc3c(nc12)N1CCOC[C@H]1CO3. The highest BCUT2D eigenvalue weighted by Gasteiger charge is 2.33. The van der Waals surface area contributed by atoms with Gasteiger partial charge in [-0.15, -0.1) is 0 Å². The van der Waals surface area contributed by atoms with E-state index in [1.165, 1.54) is 25.3 Å². The molecule has 11 heteroatoms. The molecule has 33 heavy (non-hydrogen) atoms. The van der Waals surface area contributed by atoms with Gasteiger partial charge in [-0.1, -0.05) is 0 Å². The fourth-order valence-corrected chi connectivity index (χ4v) is 4.10. The molecule has 172 valence electrons. The van der Waals surface area contributed by atoms with E-state index in [1.54, 1.807) is 6.92 Å². The lowest BCUT2D eigenvalue weighted by Gasteiger charge is -2.39. The van der Waals surface area contributed by atoms with Crippen LogP contribution in [0.1, 0.15) is 29.0 Å². The monoisotopic (exact) mass is 457 g/mol. The molecule has 0 spiro atoms. The molecule has 0 aliphatic carbocycles. The first-order valence-corrected chi connectivity index (χ1v) is 10.4. The number of benzene rings is 1. The van der Waals surface area contributed by atoms with Crippen LogP contribution in [-0.2, 0) is 9.47 Å². The Hall–Kier alpha value is -3.60. The van der Waals surface area contributed by atoms with Crippen molar-refractivity contribution >= 4 is 28.5 Å². The molecule has 2 aromatic heterocycles. The number of esters is 1. The molecule has 3 aromatic rings. The number of anilines is 2. The number of ether oxygens (including phenoxy) is 3. The van der Waals surface area contributed by atoms with Crippen molar-refractivity contribution in [2.75, 3.05) is 43.7 Å². The van der Waals surface area contributed by atoms with Crippen LogP contribution in [0.2, 0.25) is 0 Å². The molecule has 0 unspecified atom stereocenters. The lowest BCUT2D eigenvalue weighted by molar-refractivity contribution is 0.0593. The van der Waals surface area contributed by atoms with Gasteiger partial charge in [0.2, 0.25) is 5.95 Å². The maximum absolute atomic E-state index is 14.5. The fourth-order valence-electron chi connectivity index (χ4n) is 4.10. The van der Waals surface area contributed by atoms with Gasteiger partial charge in [0.1, 0.15) is 12.4 Å². The molecule has 2 atom stereocenters. The standard InChI is InChI=1S/C22H21F2N5O4/c1-11(25-15-3-4-17(24)27-19(15)22(30)31-2)14-7-12(23)8-16-18(14)28-20-21(26-16)33-10-13-9-32-6-5-29(13)20/h3-4,7-8,11,13,25H,5-6,9-10H2,1-2H3/t11-,13+/m1/s1. The Kier molecular flexibility index (Phi) is 5.41. The van der Waals surface area contributed by atoms with Crippen molar-refractivity contribution in [3.63, 3.8) is 0 Å². The molecule has 4 heterocycles. The summed E-state index contributed by atoms with van der Waals surface area (Å²) < 4.78 is 44.1. The van der Waals surface area contributed by atoms with E-state index in [2.05, 4.69) is 20.2 Å². The second-order valence-electron chi connectivity index (χ2n) is 7.84. The summed E-state index contributed by atoms with van der Waals surface area (Å²) >= 11 is 0. The number of hydrogen-bond donors (Lipinski definition) is 1. The molecule has 9 nitrogen and oxygen atoms in total. The summed E-state index contributed by atoms with van der Waals surface area (Å²) in [6, 6.07) is 4.66. The summed E-state index contributed by atoms with van der Waals surface area (Å²) in [6.07, 6.45) is 0.